The summed E-state index contributed by atoms with van der Waals surface area (Å²) in [6.07, 6.45) is 3.50. The minimum atomic E-state index is 0.292. The van der Waals surface area contributed by atoms with Crippen LogP contribution in [0.2, 0.25) is 0 Å². The first-order chi connectivity index (χ1) is 7.59. The van der Waals surface area contributed by atoms with Crippen LogP contribution in [0.1, 0.15) is 49.2 Å². The van der Waals surface area contributed by atoms with Crippen LogP contribution < -0.4 is 0 Å². The third kappa shape index (κ3) is 2.03. The lowest BCUT2D eigenvalue weighted by atomic mass is 9.85. The molecule has 0 aliphatic carbocycles. The van der Waals surface area contributed by atoms with Gasteiger partial charge in [0.05, 0.1) is 10.7 Å². The van der Waals surface area contributed by atoms with Crippen molar-refractivity contribution in [3.8, 4) is 0 Å². The summed E-state index contributed by atoms with van der Waals surface area (Å²) in [6.45, 7) is 9.15. The summed E-state index contributed by atoms with van der Waals surface area (Å²) in [6, 6.07) is 0. The van der Waals surface area contributed by atoms with E-state index in [-0.39, 0.29) is 0 Å². The van der Waals surface area contributed by atoms with Crippen LogP contribution in [-0.2, 0) is 18.4 Å². The SMILES string of the molecule is CCC(C)(CC)c1nc2c(s1)CN(C)CC2. The second-order valence-electron chi connectivity index (χ2n) is 5.14. The molecule has 0 N–H and O–H groups in total. The van der Waals surface area contributed by atoms with Crippen LogP contribution in [0.3, 0.4) is 0 Å². The lowest BCUT2D eigenvalue weighted by Gasteiger charge is -2.23. The zero-order valence-electron chi connectivity index (χ0n) is 10.8. The van der Waals surface area contributed by atoms with E-state index in [4.69, 9.17) is 4.98 Å². The van der Waals surface area contributed by atoms with Crippen LogP contribution >= 0.6 is 11.3 Å². The second kappa shape index (κ2) is 4.46. The van der Waals surface area contributed by atoms with Crippen LogP contribution in [0.4, 0.5) is 0 Å². The van der Waals surface area contributed by atoms with Gasteiger partial charge in [0.15, 0.2) is 0 Å². The zero-order valence-corrected chi connectivity index (χ0v) is 11.7. The fraction of sp³-hybridized carbons (Fsp3) is 0.769. The van der Waals surface area contributed by atoms with Gasteiger partial charge in [0, 0.05) is 29.8 Å². The van der Waals surface area contributed by atoms with Gasteiger partial charge in [-0.3, -0.25) is 0 Å². The maximum atomic E-state index is 4.89. The summed E-state index contributed by atoms with van der Waals surface area (Å²) >= 11 is 1.94. The smallest absolute Gasteiger partial charge is 0.0990 e. The van der Waals surface area contributed by atoms with Crippen molar-refractivity contribution in [2.24, 2.45) is 0 Å². The van der Waals surface area contributed by atoms with Crippen molar-refractivity contribution in [2.75, 3.05) is 13.6 Å². The van der Waals surface area contributed by atoms with Gasteiger partial charge in [0.1, 0.15) is 0 Å². The third-order valence-electron chi connectivity index (χ3n) is 4.00. The van der Waals surface area contributed by atoms with Crippen LogP contribution in [0, 0.1) is 0 Å². The molecule has 16 heavy (non-hydrogen) atoms. The summed E-state index contributed by atoms with van der Waals surface area (Å²) in [5, 5.41) is 1.36. The molecule has 0 unspecified atom stereocenters. The van der Waals surface area contributed by atoms with Gasteiger partial charge >= 0.3 is 0 Å². The molecule has 0 fully saturated rings. The van der Waals surface area contributed by atoms with E-state index in [2.05, 4.69) is 32.7 Å². The molecule has 2 nitrogen and oxygen atoms in total. The maximum Gasteiger partial charge on any atom is 0.0990 e. The van der Waals surface area contributed by atoms with Gasteiger partial charge in [-0.25, -0.2) is 4.98 Å². The van der Waals surface area contributed by atoms with Gasteiger partial charge in [-0.15, -0.1) is 11.3 Å². The van der Waals surface area contributed by atoms with E-state index in [0.717, 1.165) is 19.5 Å². The van der Waals surface area contributed by atoms with Crippen LogP contribution in [-0.4, -0.2) is 23.5 Å². The Morgan fingerprint density at radius 1 is 1.38 bits per heavy atom. The number of thiazole rings is 1. The van der Waals surface area contributed by atoms with Crippen LogP contribution in [0.5, 0.6) is 0 Å². The normalized spacial score (nSPS) is 17.5. The molecule has 0 radical (unpaired) electrons. The van der Waals surface area contributed by atoms with Crippen molar-refractivity contribution in [1.82, 2.24) is 9.88 Å². The molecule has 1 aromatic rings. The van der Waals surface area contributed by atoms with E-state index in [1.54, 1.807) is 0 Å². The highest BCUT2D eigenvalue weighted by Gasteiger charge is 2.29. The summed E-state index contributed by atoms with van der Waals surface area (Å²) in [5.41, 5.74) is 1.66. The molecule has 1 aliphatic rings. The van der Waals surface area contributed by atoms with E-state index >= 15 is 0 Å². The average Bonchev–Trinajstić information content (AvgIpc) is 2.71. The number of aromatic nitrogens is 1. The van der Waals surface area contributed by atoms with Gasteiger partial charge in [-0.1, -0.05) is 20.8 Å². The van der Waals surface area contributed by atoms with Gasteiger partial charge in [0.2, 0.25) is 0 Å². The van der Waals surface area contributed by atoms with Gasteiger partial charge in [0.25, 0.3) is 0 Å². The summed E-state index contributed by atoms with van der Waals surface area (Å²) in [5.74, 6) is 0. The topological polar surface area (TPSA) is 16.1 Å². The van der Waals surface area contributed by atoms with Crippen LogP contribution in [0.15, 0.2) is 0 Å². The predicted molar refractivity (Wildman–Crippen MR) is 70.1 cm³/mol. The Kier molecular flexibility index (Phi) is 3.36. The molecule has 0 spiro atoms. The molecule has 0 saturated carbocycles. The Bertz CT molecular complexity index is 366. The number of rotatable bonds is 3. The zero-order chi connectivity index (χ0) is 11.8. The molecule has 0 amide bonds. The van der Waals surface area contributed by atoms with E-state index < -0.39 is 0 Å². The summed E-state index contributed by atoms with van der Waals surface area (Å²) in [4.78, 5) is 8.78. The highest BCUT2D eigenvalue weighted by atomic mass is 32.1. The molecule has 2 heterocycles. The molecular weight excluding hydrogens is 216 g/mol. The highest BCUT2D eigenvalue weighted by molar-refractivity contribution is 7.11. The first kappa shape index (κ1) is 12.1. The lowest BCUT2D eigenvalue weighted by molar-refractivity contribution is 0.314. The summed E-state index contributed by atoms with van der Waals surface area (Å²) < 4.78 is 0. The number of fused-ring (bicyclic) bond motifs is 1. The van der Waals surface area contributed by atoms with Crippen molar-refractivity contribution >= 4 is 11.3 Å². The second-order valence-corrected chi connectivity index (χ2v) is 6.23. The fourth-order valence-corrected chi connectivity index (χ4v) is 3.61. The Labute approximate surface area is 103 Å². The molecule has 1 aliphatic heterocycles. The predicted octanol–water partition coefficient (Wildman–Crippen LogP) is 3.21. The lowest BCUT2D eigenvalue weighted by Crippen LogP contribution is -2.25. The first-order valence-corrected chi connectivity index (χ1v) is 7.08. The highest BCUT2D eigenvalue weighted by Crippen LogP contribution is 2.36. The standard InChI is InChI=1S/C13H22N2S/c1-5-13(3,6-2)12-14-10-7-8-15(4)9-11(10)16-12/h5-9H2,1-4H3. The van der Waals surface area contributed by atoms with Crippen molar-refractivity contribution in [3.63, 3.8) is 0 Å². The maximum absolute atomic E-state index is 4.89. The molecule has 90 valence electrons. The minimum Gasteiger partial charge on any atom is -0.301 e. The van der Waals surface area contributed by atoms with Gasteiger partial charge in [-0.2, -0.15) is 0 Å². The molecular formula is C13H22N2S. The van der Waals surface area contributed by atoms with Crippen molar-refractivity contribution in [2.45, 2.75) is 52.0 Å². The Morgan fingerprint density at radius 2 is 2.06 bits per heavy atom. The monoisotopic (exact) mass is 238 g/mol. The van der Waals surface area contributed by atoms with Crippen molar-refractivity contribution < 1.29 is 0 Å². The number of likely N-dealkylation sites (N-methyl/N-ethyl adjacent to an activating group) is 1. The average molecular weight is 238 g/mol. The Hall–Kier alpha value is -0.410. The molecule has 0 saturated heterocycles. The third-order valence-corrected chi connectivity index (χ3v) is 5.39. The molecule has 3 heteroatoms. The Balaban J connectivity index is 2.31. The first-order valence-electron chi connectivity index (χ1n) is 6.26. The van der Waals surface area contributed by atoms with Crippen molar-refractivity contribution in [1.29, 1.82) is 0 Å². The molecule has 0 atom stereocenters. The van der Waals surface area contributed by atoms with Gasteiger partial charge < -0.3 is 4.90 Å². The quantitative estimate of drug-likeness (QED) is 0.804. The van der Waals surface area contributed by atoms with E-state index in [1.807, 2.05) is 11.3 Å². The number of hydrogen-bond donors (Lipinski definition) is 0. The van der Waals surface area contributed by atoms with E-state index in [9.17, 15) is 0 Å². The number of hydrogen-bond acceptors (Lipinski definition) is 3. The van der Waals surface area contributed by atoms with Gasteiger partial charge in [-0.05, 0) is 19.9 Å². The fourth-order valence-electron chi connectivity index (χ4n) is 2.13. The van der Waals surface area contributed by atoms with Crippen molar-refractivity contribution in [3.05, 3.63) is 15.6 Å². The molecule has 0 bridgehead atoms. The number of nitrogens with zero attached hydrogens (tertiary/aromatic N) is 2. The summed E-state index contributed by atoms with van der Waals surface area (Å²) in [7, 11) is 2.20. The van der Waals surface area contributed by atoms with Crippen LogP contribution in [0.25, 0.3) is 0 Å². The molecule has 0 aromatic carbocycles. The Morgan fingerprint density at radius 3 is 2.69 bits per heavy atom. The molecule has 2 rings (SSSR count). The minimum absolute atomic E-state index is 0.292. The van der Waals surface area contributed by atoms with E-state index in [0.29, 0.717) is 5.41 Å². The largest absolute Gasteiger partial charge is 0.301 e. The van der Waals surface area contributed by atoms with E-state index in [1.165, 1.54) is 28.4 Å². The molecule has 1 aromatic heterocycles.